The third-order valence-corrected chi connectivity index (χ3v) is 4.31. The molecule has 3 rings (SSSR count). The van der Waals surface area contributed by atoms with Crippen LogP contribution in [0.5, 0.6) is 0 Å². The Balaban J connectivity index is 1.42. The molecule has 8 nitrogen and oxygen atoms in total. The van der Waals surface area contributed by atoms with Crippen molar-refractivity contribution in [2.45, 2.75) is 20.4 Å². The molecule has 1 saturated heterocycles. The fourth-order valence-corrected chi connectivity index (χ4v) is 2.92. The quantitative estimate of drug-likeness (QED) is 0.881. The number of anilines is 1. The summed E-state index contributed by atoms with van der Waals surface area (Å²) in [5.41, 5.74) is 0. The van der Waals surface area contributed by atoms with E-state index in [2.05, 4.69) is 32.2 Å². The molecule has 2 aromatic heterocycles. The number of piperazine rings is 1. The molecule has 1 atom stereocenters. The summed E-state index contributed by atoms with van der Waals surface area (Å²) in [5.74, 6) is 2.03. The highest BCUT2D eigenvalue weighted by Crippen LogP contribution is 2.13. The summed E-state index contributed by atoms with van der Waals surface area (Å²) in [6.07, 6.45) is 5.48. The Hall–Kier alpha value is -2.64. The van der Waals surface area contributed by atoms with Gasteiger partial charge in [0.25, 0.3) is 0 Å². The Morgan fingerprint density at radius 1 is 1.28 bits per heavy atom. The molecule has 0 aliphatic carbocycles. The lowest BCUT2D eigenvalue weighted by atomic mass is 10.2. The van der Waals surface area contributed by atoms with Crippen molar-refractivity contribution in [1.29, 1.82) is 0 Å². The van der Waals surface area contributed by atoms with E-state index >= 15 is 0 Å². The lowest BCUT2D eigenvalue weighted by molar-refractivity contribution is 0.192. The molecule has 2 aromatic rings. The number of amides is 2. The summed E-state index contributed by atoms with van der Waals surface area (Å²) in [6, 6.07) is 3.83. The number of rotatable bonds is 5. The van der Waals surface area contributed by atoms with Crippen LogP contribution in [0.1, 0.15) is 12.7 Å². The minimum Gasteiger partial charge on any atom is -0.353 e. The number of nitrogens with zero attached hydrogens (tertiary/aromatic N) is 6. The van der Waals surface area contributed by atoms with Gasteiger partial charge in [-0.15, -0.1) is 0 Å². The van der Waals surface area contributed by atoms with Crippen LogP contribution >= 0.6 is 0 Å². The van der Waals surface area contributed by atoms with E-state index in [4.69, 9.17) is 0 Å². The van der Waals surface area contributed by atoms with Gasteiger partial charge in [-0.05, 0) is 25.0 Å². The largest absolute Gasteiger partial charge is 0.353 e. The fraction of sp³-hybridized carbons (Fsp3) is 0.529. The molecule has 0 saturated carbocycles. The fourth-order valence-electron chi connectivity index (χ4n) is 2.92. The highest BCUT2D eigenvalue weighted by atomic mass is 16.2. The summed E-state index contributed by atoms with van der Waals surface area (Å²) in [4.78, 5) is 25.0. The Bertz CT molecular complexity index is 680. The zero-order valence-electron chi connectivity index (χ0n) is 14.8. The van der Waals surface area contributed by atoms with E-state index in [0.717, 1.165) is 31.3 Å². The molecule has 0 radical (unpaired) electrons. The maximum Gasteiger partial charge on any atom is 0.317 e. The zero-order valence-corrected chi connectivity index (χ0v) is 14.8. The van der Waals surface area contributed by atoms with Crippen molar-refractivity contribution in [2.24, 2.45) is 5.92 Å². The van der Waals surface area contributed by atoms with Crippen molar-refractivity contribution < 1.29 is 4.79 Å². The molecule has 1 N–H and O–H groups in total. The van der Waals surface area contributed by atoms with E-state index in [9.17, 15) is 4.79 Å². The van der Waals surface area contributed by atoms with Gasteiger partial charge < -0.3 is 15.1 Å². The average Bonchev–Trinajstić information content (AvgIpc) is 3.13. The number of aromatic nitrogens is 4. The first-order valence-corrected chi connectivity index (χ1v) is 8.66. The molecule has 1 aliphatic heterocycles. The Morgan fingerprint density at radius 2 is 2.08 bits per heavy atom. The van der Waals surface area contributed by atoms with Gasteiger partial charge in [-0.3, -0.25) is 4.68 Å². The number of nitrogens with one attached hydrogen (secondary N) is 1. The summed E-state index contributed by atoms with van der Waals surface area (Å²) >= 11 is 0. The van der Waals surface area contributed by atoms with Crippen LogP contribution in [0.3, 0.4) is 0 Å². The normalized spacial score (nSPS) is 15.9. The Kier molecular flexibility index (Phi) is 5.47. The highest BCUT2D eigenvalue weighted by Gasteiger charge is 2.22. The van der Waals surface area contributed by atoms with Gasteiger partial charge in [0.2, 0.25) is 0 Å². The molecule has 3 heterocycles. The Morgan fingerprint density at radius 3 is 2.76 bits per heavy atom. The molecule has 25 heavy (non-hydrogen) atoms. The van der Waals surface area contributed by atoms with E-state index in [1.54, 1.807) is 12.4 Å². The standard InChI is InChI=1S/C17H25N7O/c1-14(13-24-7-3-5-20-24)12-19-17(25)23-10-8-22(9-11-23)16-4-6-18-15(2)21-16/h3-7,14H,8-13H2,1-2H3,(H,19,25)/t14-/m0/s1. The number of carbonyl (C=O) groups is 1. The number of carbonyl (C=O) groups excluding carboxylic acids is 1. The van der Waals surface area contributed by atoms with Gasteiger partial charge in [-0.2, -0.15) is 5.10 Å². The number of aryl methyl sites for hydroxylation is 1. The van der Waals surface area contributed by atoms with Crippen molar-refractivity contribution in [3.8, 4) is 0 Å². The second kappa shape index (κ2) is 7.96. The predicted octanol–water partition coefficient (Wildman–Crippen LogP) is 1.15. The van der Waals surface area contributed by atoms with Crippen LogP contribution in [0.15, 0.2) is 30.7 Å². The molecular weight excluding hydrogens is 318 g/mol. The molecule has 0 unspecified atom stereocenters. The highest BCUT2D eigenvalue weighted by molar-refractivity contribution is 5.74. The molecule has 1 fully saturated rings. The number of hydrogen-bond donors (Lipinski definition) is 1. The van der Waals surface area contributed by atoms with Crippen molar-refractivity contribution in [1.82, 2.24) is 30.0 Å². The monoisotopic (exact) mass is 343 g/mol. The van der Waals surface area contributed by atoms with Crippen molar-refractivity contribution in [3.63, 3.8) is 0 Å². The first-order chi connectivity index (χ1) is 12.1. The van der Waals surface area contributed by atoms with Gasteiger partial charge in [-0.1, -0.05) is 6.92 Å². The van der Waals surface area contributed by atoms with E-state index in [1.165, 1.54) is 0 Å². The second-order valence-electron chi connectivity index (χ2n) is 6.46. The van der Waals surface area contributed by atoms with E-state index in [-0.39, 0.29) is 6.03 Å². The SMILES string of the molecule is Cc1nccc(N2CCN(C(=O)NC[C@H](C)Cn3cccn3)CC2)n1. The van der Waals surface area contributed by atoms with Crippen molar-refractivity contribution in [3.05, 3.63) is 36.5 Å². The molecule has 1 aliphatic rings. The summed E-state index contributed by atoms with van der Waals surface area (Å²) in [7, 11) is 0. The van der Waals surface area contributed by atoms with E-state index in [0.29, 0.717) is 25.6 Å². The van der Waals surface area contributed by atoms with Gasteiger partial charge in [0.15, 0.2) is 0 Å². The van der Waals surface area contributed by atoms with E-state index in [1.807, 2.05) is 34.8 Å². The minimum absolute atomic E-state index is 0.00540. The van der Waals surface area contributed by atoms with Gasteiger partial charge >= 0.3 is 6.03 Å². The predicted molar refractivity (Wildman–Crippen MR) is 95.3 cm³/mol. The first kappa shape index (κ1) is 17.2. The lowest BCUT2D eigenvalue weighted by Gasteiger charge is -2.35. The minimum atomic E-state index is 0.00540. The van der Waals surface area contributed by atoms with Gasteiger partial charge in [0.1, 0.15) is 11.6 Å². The molecule has 0 spiro atoms. The maximum atomic E-state index is 12.4. The van der Waals surface area contributed by atoms with Crippen LogP contribution < -0.4 is 10.2 Å². The molecule has 2 amide bonds. The molecule has 8 heteroatoms. The Labute approximate surface area is 147 Å². The van der Waals surface area contributed by atoms with Crippen LogP contribution in [-0.4, -0.2) is 63.4 Å². The van der Waals surface area contributed by atoms with Gasteiger partial charge in [0, 0.05) is 57.9 Å². The van der Waals surface area contributed by atoms with E-state index < -0.39 is 0 Å². The molecular formula is C17H25N7O. The van der Waals surface area contributed by atoms with Gasteiger partial charge in [-0.25, -0.2) is 14.8 Å². The first-order valence-electron chi connectivity index (χ1n) is 8.66. The zero-order chi connectivity index (χ0) is 17.6. The van der Waals surface area contributed by atoms with Crippen molar-refractivity contribution >= 4 is 11.8 Å². The second-order valence-corrected chi connectivity index (χ2v) is 6.46. The van der Waals surface area contributed by atoms with Crippen molar-refractivity contribution in [2.75, 3.05) is 37.6 Å². The van der Waals surface area contributed by atoms with Crippen LogP contribution in [-0.2, 0) is 6.54 Å². The lowest BCUT2D eigenvalue weighted by Crippen LogP contribution is -2.52. The molecule has 0 bridgehead atoms. The average molecular weight is 343 g/mol. The topological polar surface area (TPSA) is 79.2 Å². The van der Waals surface area contributed by atoms with Crippen LogP contribution in [0.25, 0.3) is 0 Å². The van der Waals surface area contributed by atoms with Crippen LogP contribution in [0, 0.1) is 12.8 Å². The third kappa shape index (κ3) is 4.68. The van der Waals surface area contributed by atoms with Crippen LogP contribution in [0.2, 0.25) is 0 Å². The van der Waals surface area contributed by atoms with Crippen LogP contribution in [0.4, 0.5) is 10.6 Å². The number of hydrogen-bond acceptors (Lipinski definition) is 5. The third-order valence-electron chi connectivity index (χ3n) is 4.31. The number of urea groups is 1. The maximum absolute atomic E-state index is 12.4. The summed E-state index contributed by atoms with van der Waals surface area (Å²) in [6.45, 7) is 8.40. The summed E-state index contributed by atoms with van der Waals surface area (Å²) in [5, 5.41) is 7.22. The summed E-state index contributed by atoms with van der Waals surface area (Å²) < 4.78 is 1.89. The molecule has 0 aromatic carbocycles. The molecule has 134 valence electrons. The smallest absolute Gasteiger partial charge is 0.317 e. The van der Waals surface area contributed by atoms with Gasteiger partial charge in [0.05, 0.1) is 0 Å².